The van der Waals surface area contributed by atoms with Crippen LogP contribution in [-0.4, -0.2) is 31.5 Å². The summed E-state index contributed by atoms with van der Waals surface area (Å²) in [6.45, 7) is 0.267. The normalized spacial score (nSPS) is 10.0. The first-order valence-electron chi connectivity index (χ1n) is 6.62. The van der Waals surface area contributed by atoms with Crippen molar-refractivity contribution in [1.82, 2.24) is 0 Å². The zero-order valence-corrected chi connectivity index (χ0v) is 12.1. The summed E-state index contributed by atoms with van der Waals surface area (Å²) in [5.41, 5.74) is 6.52. The Labute approximate surface area is 128 Å². The van der Waals surface area contributed by atoms with Gasteiger partial charge < -0.3 is 25.1 Å². The van der Waals surface area contributed by atoms with Crippen molar-refractivity contribution in [2.24, 2.45) is 5.73 Å². The molecule has 3 N–H and O–H groups in total. The van der Waals surface area contributed by atoms with E-state index in [2.05, 4.69) is 4.74 Å². The van der Waals surface area contributed by atoms with Gasteiger partial charge >= 0.3 is 6.09 Å². The predicted molar refractivity (Wildman–Crippen MR) is 81.1 cm³/mol. The fraction of sp³-hybridized carbons (Fsp3) is 0.188. The molecule has 116 valence electrons. The molecule has 0 spiro atoms. The van der Waals surface area contributed by atoms with E-state index >= 15 is 0 Å². The molecule has 0 saturated carbocycles. The first kappa shape index (κ1) is 15.5. The summed E-state index contributed by atoms with van der Waals surface area (Å²) in [4.78, 5) is 10.4. The van der Waals surface area contributed by atoms with Crippen molar-refractivity contribution >= 4 is 6.09 Å². The molecule has 0 aromatic heterocycles. The van der Waals surface area contributed by atoms with Gasteiger partial charge in [-0.05, 0) is 29.8 Å². The number of ether oxygens (including phenoxy) is 3. The molecule has 6 nitrogen and oxygen atoms in total. The maximum Gasteiger partial charge on any atom is 0.404 e. The molecule has 0 heterocycles. The Hall–Kier alpha value is -2.89. The molecule has 0 unspecified atom stereocenters. The zero-order valence-electron chi connectivity index (χ0n) is 12.1. The monoisotopic (exact) mass is 303 g/mol. The van der Waals surface area contributed by atoms with Gasteiger partial charge in [0.05, 0.1) is 7.11 Å². The van der Waals surface area contributed by atoms with Crippen LogP contribution in [0.5, 0.6) is 17.2 Å². The lowest BCUT2D eigenvalue weighted by atomic mass is 10.0. The molecule has 22 heavy (non-hydrogen) atoms. The fourth-order valence-electron chi connectivity index (χ4n) is 1.98. The van der Waals surface area contributed by atoms with Crippen LogP contribution in [0.2, 0.25) is 0 Å². The molecular formula is C16H17NO5. The van der Waals surface area contributed by atoms with Crippen molar-refractivity contribution in [3.05, 3.63) is 42.5 Å². The second-order valence-corrected chi connectivity index (χ2v) is 4.43. The molecule has 0 saturated heterocycles. The molecule has 0 aliphatic heterocycles. The Balaban J connectivity index is 2.12. The highest BCUT2D eigenvalue weighted by Gasteiger charge is 2.08. The van der Waals surface area contributed by atoms with Crippen LogP contribution in [0, 0.1) is 0 Å². The van der Waals surface area contributed by atoms with E-state index in [-0.39, 0.29) is 19.0 Å². The summed E-state index contributed by atoms with van der Waals surface area (Å²) in [6.07, 6.45) is -0.833. The van der Waals surface area contributed by atoms with E-state index in [9.17, 15) is 9.90 Å². The molecule has 0 aliphatic carbocycles. The third-order valence-electron chi connectivity index (χ3n) is 2.93. The van der Waals surface area contributed by atoms with Crippen molar-refractivity contribution in [2.75, 3.05) is 20.3 Å². The maximum absolute atomic E-state index is 10.4. The van der Waals surface area contributed by atoms with Crippen molar-refractivity contribution in [3.63, 3.8) is 0 Å². The van der Waals surface area contributed by atoms with Crippen LogP contribution < -0.4 is 15.2 Å². The van der Waals surface area contributed by atoms with Gasteiger partial charge in [-0.3, -0.25) is 0 Å². The number of rotatable bonds is 6. The number of hydrogen-bond acceptors (Lipinski definition) is 5. The van der Waals surface area contributed by atoms with Crippen LogP contribution in [0.3, 0.4) is 0 Å². The van der Waals surface area contributed by atoms with E-state index in [1.807, 2.05) is 12.1 Å². The van der Waals surface area contributed by atoms with Crippen LogP contribution in [0.4, 0.5) is 4.79 Å². The minimum Gasteiger partial charge on any atom is -0.508 e. The first-order chi connectivity index (χ1) is 10.6. The number of nitrogens with two attached hydrogens (primary N) is 1. The Kier molecular flexibility index (Phi) is 5.08. The highest BCUT2D eigenvalue weighted by molar-refractivity contribution is 5.72. The number of methoxy groups -OCH3 is 1. The van der Waals surface area contributed by atoms with Crippen LogP contribution in [-0.2, 0) is 4.74 Å². The average Bonchev–Trinajstić information content (AvgIpc) is 2.51. The SMILES string of the molecule is COc1cc(OCCOC(N)=O)ccc1-c1cccc(O)c1. The summed E-state index contributed by atoms with van der Waals surface area (Å²) >= 11 is 0. The van der Waals surface area contributed by atoms with Gasteiger partial charge in [-0.25, -0.2) is 4.79 Å². The number of hydrogen-bond donors (Lipinski definition) is 2. The van der Waals surface area contributed by atoms with E-state index in [1.54, 1.807) is 37.4 Å². The van der Waals surface area contributed by atoms with Gasteiger partial charge in [0.15, 0.2) is 0 Å². The molecule has 0 atom stereocenters. The highest BCUT2D eigenvalue weighted by atomic mass is 16.6. The first-order valence-corrected chi connectivity index (χ1v) is 6.62. The Morgan fingerprint density at radius 3 is 2.68 bits per heavy atom. The second kappa shape index (κ2) is 7.21. The summed E-state index contributed by atoms with van der Waals surface area (Å²) in [7, 11) is 1.56. The summed E-state index contributed by atoms with van der Waals surface area (Å²) < 4.78 is 15.4. The van der Waals surface area contributed by atoms with E-state index in [0.29, 0.717) is 11.5 Å². The summed E-state index contributed by atoms with van der Waals surface area (Å²) in [6, 6.07) is 12.2. The predicted octanol–water partition coefficient (Wildman–Crippen LogP) is 2.54. The van der Waals surface area contributed by atoms with Crippen LogP contribution in [0.25, 0.3) is 11.1 Å². The number of benzene rings is 2. The number of carbonyl (C=O) groups is 1. The lowest BCUT2D eigenvalue weighted by molar-refractivity contribution is 0.133. The van der Waals surface area contributed by atoms with E-state index in [1.165, 1.54) is 0 Å². The lowest BCUT2D eigenvalue weighted by Crippen LogP contribution is -2.17. The molecule has 0 bridgehead atoms. The quantitative estimate of drug-likeness (QED) is 0.800. The molecule has 2 aromatic rings. The van der Waals surface area contributed by atoms with Crippen molar-refractivity contribution in [1.29, 1.82) is 0 Å². The summed E-state index contributed by atoms with van der Waals surface area (Å²) in [5.74, 6) is 1.37. The van der Waals surface area contributed by atoms with E-state index in [4.69, 9.17) is 15.2 Å². The third-order valence-corrected chi connectivity index (χ3v) is 2.93. The minimum absolute atomic E-state index is 0.0754. The number of phenolic OH excluding ortho intramolecular Hbond substituents is 1. The highest BCUT2D eigenvalue weighted by Crippen LogP contribution is 2.34. The van der Waals surface area contributed by atoms with Gasteiger partial charge in [-0.2, -0.15) is 0 Å². The van der Waals surface area contributed by atoms with Crippen molar-refractivity contribution < 1.29 is 24.1 Å². The Bertz CT molecular complexity index is 657. The average molecular weight is 303 g/mol. The largest absolute Gasteiger partial charge is 0.508 e. The van der Waals surface area contributed by atoms with Gasteiger partial charge in [0.2, 0.25) is 0 Å². The number of phenols is 1. The van der Waals surface area contributed by atoms with Gasteiger partial charge in [0.25, 0.3) is 0 Å². The molecule has 0 radical (unpaired) electrons. The lowest BCUT2D eigenvalue weighted by Gasteiger charge is -2.12. The van der Waals surface area contributed by atoms with Crippen molar-refractivity contribution in [2.45, 2.75) is 0 Å². The number of primary amides is 1. The van der Waals surface area contributed by atoms with E-state index in [0.717, 1.165) is 11.1 Å². The standard InChI is InChI=1S/C16H17NO5/c1-20-15-10-13(21-7-8-22-16(17)19)5-6-14(15)11-3-2-4-12(18)9-11/h2-6,9-10,18H,7-8H2,1H3,(H2,17,19). The number of aromatic hydroxyl groups is 1. The number of amides is 1. The van der Waals surface area contributed by atoms with Crippen molar-refractivity contribution in [3.8, 4) is 28.4 Å². The fourth-order valence-corrected chi connectivity index (χ4v) is 1.98. The van der Waals surface area contributed by atoms with Gasteiger partial charge in [-0.15, -0.1) is 0 Å². The van der Waals surface area contributed by atoms with Crippen LogP contribution in [0.1, 0.15) is 0 Å². The zero-order chi connectivity index (χ0) is 15.9. The molecule has 0 fully saturated rings. The molecular weight excluding hydrogens is 286 g/mol. The number of carbonyl (C=O) groups excluding carboxylic acids is 1. The molecule has 2 rings (SSSR count). The minimum atomic E-state index is -0.833. The maximum atomic E-state index is 10.4. The Morgan fingerprint density at radius 2 is 2.00 bits per heavy atom. The molecule has 1 amide bonds. The molecule has 2 aromatic carbocycles. The van der Waals surface area contributed by atoms with Gasteiger partial charge in [0.1, 0.15) is 30.5 Å². The van der Waals surface area contributed by atoms with Gasteiger partial charge in [0, 0.05) is 11.6 Å². The van der Waals surface area contributed by atoms with Crippen LogP contribution in [0.15, 0.2) is 42.5 Å². The molecule has 6 heteroatoms. The summed E-state index contributed by atoms with van der Waals surface area (Å²) in [5, 5.41) is 9.56. The molecule has 0 aliphatic rings. The van der Waals surface area contributed by atoms with Crippen LogP contribution >= 0.6 is 0 Å². The smallest absolute Gasteiger partial charge is 0.404 e. The van der Waals surface area contributed by atoms with E-state index < -0.39 is 6.09 Å². The second-order valence-electron chi connectivity index (χ2n) is 4.43. The Morgan fingerprint density at radius 1 is 1.18 bits per heavy atom. The third kappa shape index (κ3) is 4.05. The topological polar surface area (TPSA) is 91.0 Å². The van der Waals surface area contributed by atoms with Gasteiger partial charge in [-0.1, -0.05) is 12.1 Å².